The molecular weight excluding hydrogens is 266 g/mol. The molecule has 1 unspecified atom stereocenters. The summed E-state index contributed by atoms with van der Waals surface area (Å²) in [5.74, 6) is -0.873. The van der Waals surface area contributed by atoms with E-state index in [9.17, 15) is 8.78 Å². The molecule has 0 saturated carbocycles. The van der Waals surface area contributed by atoms with Crippen molar-refractivity contribution >= 4 is 11.6 Å². The zero-order valence-electron chi connectivity index (χ0n) is 11.7. The first-order chi connectivity index (χ1) is 9.43. The number of hydrogen-bond donors (Lipinski definition) is 2. The quantitative estimate of drug-likeness (QED) is 0.901. The standard InChI is InChI=1S/C13H16F2N4O/c1-6(11-7(2)19-20-8(11)3)17-13-10(15)5-9(14)12(16-4)18-13/h5-6H,1-4H3,(H2,16,17,18). The van der Waals surface area contributed by atoms with Crippen LogP contribution in [0.1, 0.15) is 30.0 Å². The van der Waals surface area contributed by atoms with Crippen LogP contribution in [0.3, 0.4) is 0 Å². The number of halogens is 2. The molecule has 2 N–H and O–H groups in total. The van der Waals surface area contributed by atoms with Crippen molar-refractivity contribution in [2.24, 2.45) is 0 Å². The predicted octanol–water partition coefficient (Wildman–Crippen LogP) is 3.18. The predicted molar refractivity (Wildman–Crippen MR) is 71.7 cm³/mol. The molecule has 0 bridgehead atoms. The molecule has 20 heavy (non-hydrogen) atoms. The SMILES string of the molecule is CNc1nc(NC(C)c2c(C)noc2C)c(F)cc1F. The summed E-state index contributed by atoms with van der Waals surface area (Å²) < 4.78 is 32.2. The maximum atomic E-state index is 13.7. The fraction of sp³-hybridized carbons (Fsp3) is 0.385. The second-order valence-corrected chi connectivity index (χ2v) is 4.50. The van der Waals surface area contributed by atoms with E-state index in [0.29, 0.717) is 5.76 Å². The molecule has 2 aromatic rings. The van der Waals surface area contributed by atoms with Crippen molar-refractivity contribution in [3.63, 3.8) is 0 Å². The van der Waals surface area contributed by atoms with Gasteiger partial charge in [0.25, 0.3) is 0 Å². The van der Waals surface area contributed by atoms with Crippen LogP contribution < -0.4 is 10.6 Å². The lowest BCUT2D eigenvalue weighted by molar-refractivity contribution is 0.392. The van der Waals surface area contributed by atoms with Crippen LogP contribution in [0.2, 0.25) is 0 Å². The van der Waals surface area contributed by atoms with Crippen molar-refractivity contribution in [1.82, 2.24) is 10.1 Å². The maximum absolute atomic E-state index is 13.7. The average molecular weight is 282 g/mol. The maximum Gasteiger partial charge on any atom is 0.168 e. The molecule has 108 valence electrons. The van der Waals surface area contributed by atoms with Crippen LogP contribution in [0, 0.1) is 25.5 Å². The Balaban J connectivity index is 2.30. The van der Waals surface area contributed by atoms with E-state index in [0.717, 1.165) is 17.3 Å². The molecule has 5 nitrogen and oxygen atoms in total. The van der Waals surface area contributed by atoms with E-state index in [1.807, 2.05) is 6.92 Å². The smallest absolute Gasteiger partial charge is 0.168 e. The summed E-state index contributed by atoms with van der Waals surface area (Å²) in [6, 6.07) is 0.528. The van der Waals surface area contributed by atoms with E-state index in [-0.39, 0.29) is 17.7 Å². The number of rotatable bonds is 4. The molecule has 0 saturated heterocycles. The van der Waals surface area contributed by atoms with Crippen molar-refractivity contribution in [3.05, 3.63) is 34.7 Å². The third-order valence-electron chi connectivity index (χ3n) is 3.04. The van der Waals surface area contributed by atoms with Crippen molar-refractivity contribution in [3.8, 4) is 0 Å². The molecule has 0 aliphatic rings. The molecule has 2 aromatic heterocycles. The molecule has 2 heterocycles. The van der Waals surface area contributed by atoms with Crippen molar-refractivity contribution in [1.29, 1.82) is 0 Å². The van der Waals surface area contributed by atoms with Gasteiger partial charge in [-0.1, -0.05) is 5.16 Å². The summed E-state index contributed by atoms with van der Waals surface area (Å²) in [5.41, 5.74) is 1.56. The van der Waals surface area contributed by atoms with Gasteiger partial charge in [0.1, 0.15) is 5.76 Å². The number of aromatic nitrogens is 2. The highest BCUT2D eigenvalue weighted by molar-refractivity contribution is 5.48. The van der Waals surface area contributed by atoms with Crippen LogP contribution in [0.5, 0.6) is 0 Å². The van der Waals surface area contributed by atoms with Gasteiger partial charge < -0.3 is 15.2 Å². The Labute approximate surface area is 115 Å². The van der Waals surface area contributed by atoms with Gasteiger partial charge in [-0.25, -0.2) is 13.8 Å². The number of aryl methyl sites for hydroxylation is 2. The second-order valence-electron chi connectivity index (χ2n) is 4.50. The van der Waals surface area contributed by atoms with Crippen LogP contribution in [0.15, 0.2) is 10.6 Å². The van der Waals surface area contributed by atoms with Gasteiger partial charge in [-0.3, -0.25) is 0 Å². The van der Waals surface area contributed by atoms with Gasteiger partial charge >= 0.3 is 0 Å². The average Bonchev–Trinajstić information content (AvgIpc) is 2.72. The molecule has 0 aliphatic carbocycles. The summed E-state index contributed by atoms with van der Waals surface area (Å²) in [4.78, 5) is 3.88. The lowest BCUT2D eigenvalue weighted by Gasteiger charge is -2.16. The first kappa shape index (κ1) is 14.2. The zero-order chi connectivity index (χ0) is 14.9. The van der Waals surface area contributed by atoms with Gasteiger partial charge in [0.2, 0.25) is 0 Å². The Hall–Kier alpha value is -2.18. The van der Waals surface area contributed by atoms with E-state index in [2.05, 4.69) is 20.8 Å². The number of anilines is 2. The Kier molecular flexibility index (Phi) is 3.87. The third-order valence-corrected chi connectivity index (χ3v) is 3.04. The molecule has 0 radical (unpaired) electrons. The molecular formula is C13H16F2N4O. The monoisotopic (exact) mass is 282 g/mol. The van der Waals surface area contributed by atoms with Crippen molar-refractivity contribution < 1.29 is 13.3 Å². The molecule has 1 atom stereocenters. The lowest BCUT2D eigenvalue weighted by Crippen LogP contribution is -2.12. The minimum absolute atomic E-state index is 0.0140. The number of nitrogens with zero attached hydrogens (tertiary/aromatic N) is 2. The van der Waals surface area contributed by atoms with E-state index in [1.54, 1.807) is 13.8 Å². The summed E-state index contributed by atoms with van der Waals surface area (Å²) in [7, 11) is 1.52. The first-order valence-corrected chi connectivity index (χ1v) is 6.17. The molecule has 0 aliphatic heterocycles. The normalized spacial score (nSPS) is 12.3. The fourth-order valence-corrected chi connectivity index (χ4v) is 2.13. The van der Waals surface area contributed by atoms with E-state index >= 15 is 0 Å². The Morgan fingerprint density at radius 2 is 1.85 bits per heavy atom. The lowest BCUT2D eigenvalue weighted by atomic mass is 10.1. The summed E-state index contributed by atoms with van der Waals surface area (Å²) in [6.07, 6.45) is 0. The van der Waals surface area contributed by atoms with Gasteiger partial charge in [-0.05, 0) is 20.8 Å². The van der Waals surface area contributed by atoms with Crippen LogP contribution in [-0.2, 0) is 0 Å². The Bertz CT molecular complexity index is 608. The minimum Gasteiger partial charge on any atom is -0.371 e. The zero-order valence-corrected chi connectivity index (χ0v) is 11.7. The molecule has 0 spiro atoms. The third kappa shape index (κ3) is 2.56. The fourth-order valence-electron chi connectivity index (χ4n) is 2.13. The largest absolute Gasteiger partial charge is 0.371 e. The van der Waals surface area contributed by atoms with E-state index in [4.69, 9.17) is 4.52 Å². The number of nitrogens with one attached hydrogen (secondary N) is 2. The number of hydrogen-bond acceptors (Lipinski definition) is 5. The molecule has 0 aromatic carbocycles. The van der Waals surface area contributed by atoms with Crippen molar-refractivity contribution in [2.75, 3.05) is 17.7 Å². The van der Waals surface area contributed by atoms with Gasteiger partial charge in [0, 0.05) is 18.7 Å². The van der Waals surface area contributed by atoms with Crippen LogP contribution in [0.4, 0.5) is 20.4 Å². The van der Waals surface area contributed by atoms with Gasteiger partial charge in [0.15, 0.2) is 23.3 Å². The summed E-state index contributed by atoms with van der Waals surface area (Å²) >= 11 is 0. The summed E-state index contributed by atoms with van der Waals surface area (Å²) in [6.45, 7) is 5.41. The highest BCUT2D eigenvalue weighted by atomic mass is 19.1. The van der Waals surface area contributed by atoms with Gasteiger partial charge in [-0.2, -0.15) is 0 Å². The van der Waals surface area contributed by atoms with Gasteiger partial charge in [-0.15, -0.1) is 0 Å². The second kappa shape index (κ2) is 5.44. The number of pyridine rings is 1. The summed E-state index contributed by atoms with van der Waals surface area (Å²) in [5, 5.41) is 9.32. The molecule has 0 fully saturated rings. The minimum atomic E-state index is -0.750. The van der Waals surface area contributed by atoms with Crippen molar-refractivity contribution in [2.45, 2.75) is 26.8 Å². The Morgan fingerprint density at radius 3 is 2.40 bits per heavy atom. The van der Waals surface area contributed by atoms with Crippen LogP contribution in [0.25, 0.3) is 0 Å². The highest BCUT2D eigenvalue weighted by Gasteiger charge is 2.19. The topological polar surface area (TPSA) is 63.0 Å². The van der Waals surface area contributed by atoms with E-state index < -0.39 is 11.6 Å². The molecule has 2 rings (SSSR count). The van der Waals surface area contributed by atoms with Crippen LogP contribution in [-0.4, -0.2) is 17.2 Å². The van der Waals surface area contributed by atoms with Crippen LogP contribution >= 0.6 is 0 Å². The highest BCUT2D eigenvalue weighted by Crippen LogP contribution is 2.26. The Morgan fingerprint density at radius 1 is 1.20 bits per heavy atom. The first-order valence-electron chi connectivity index (χ1n) is 6.17. The van der Waals surface area contributed by atoms with Gasteiger partial charge in [0.05, 0.1) is 11.7 Å². The van der Waals surface area contributed by atoms with E-state index in [1.165, 1.54) is 7.05 Å². The molecule has 7 heteroatoms. The molecule has 0 amide bonds.